The molecule has 1 aromatic heterocycles. The number of hydrogen-bond acceptors (Lipinski definition) is 4. The molecule has 0 N–H and O–H groups in total. The third-order valence-corrected chi connectivity index (χ3v) is 3.95. The van der Waals surface area contributed by atoms with Crippen molar-refractivity contribution >= 4 is 5.91 Å². The van der Waals surface area contributed by atoms with E-state index in [1.807, 2.05) is 27.7 Å². The summed E-state index contributed by atoms with van der Waals surface area (Å²) in [7, 11) is 0. The van der Waals surface area contributed by atoms with Crippen molar-refractivity contribution in [3.63, 3.8) is 0 Å². The van der Waals surface area contributed by atoms with E-state index in [1.54, 1.807) is 11.8 Å². The van der Waals surface area contributed by atoms with Crippen LogP contribution in [-0.2, 0) is 11.0 Å². The van der Waals surface area contributed by atoms with Gasteiger partial charge in [-0.2, -0.15) is 18.0 Å². The second-order valence-corrected chi connectivity index (χ2v) is 6.62. The highest BCUT2D eigenvalue weighted by molar-refractivity contribution is 5.80. The molecule has 1 unspecified atom stereocenters. The Kier molecular flexibility index (Phi) is 5.68. The van der Waals surface area contributed by atoms with Crippen LogP contribution >= 0.6 is 0 Å². The molecule has 1 atom stereocenters. The topological polar surface area (TPSA) is 63.9 Å². The van der Waals surface area contributed by atoms with Gasteiger partial charge in [0.05, 0.1) is 5.56 Å². The minimum atomic E-state index is -4.45. The van der Waals surface area contributed by atoms with Crippen LogP contribution in [0.4, 0.5) is 13.2 Å². The molecule has 6 nitrogen and oxygen atoms in total. The highest BCUT2D eigenvalue weighted by Gasteiger charge is 2.31. The van der Waals surface area contributed by atoms with Gasteiger partial charge in [-0.25, -0.2) is 0 Å². The van der Waals surface area contributed by atoms with E-state index in [4.69, 9.17) is 0 Å². The molecule has 0 bridgehead atoms. The summed E-state index contributed by atoms with van der Waals surface area (Å²) < 4.78 is 38.6. The van der Waals surface area contributed by atoms with Crippen molar-refractivity contribution in [3.05, 3.63) is 29.8 Å². The Morgan fingerprint density at radius 2 is 1.73 bits per heavy atom. The zero-order chi connectivity index (χ0) is 19.6. The fourth-order valence-corrected chi connectivity index (χ4v) is 2.76. The molecule has 9 heteroatoms. The molecule has 2 aromatic rings. The van der Waals surface area contributed by atoms with E-state index in [9.17, 15) is 18.0 Å². The predicted molar refractivity (Wildman–Crippen MR) is 90.1 cm³/mol. The number of carbonyl (C=O) groups is 1. The van der Waals surface area contributed by atoms with Crippen LogP contribution in [0.25, 0.3) is 11.4 Å². The zero-order valence-electron chi connectivity index (χ0n) is 15.3. The lowest BCUT2D eigenvalue weighted by Crippen LogP contribution is -2.45. The summed E-state index contributed by atoms with van der Waals surface area (Å²) >= 11 is 0. The smallest absolute Gasteiger partial charge is 0.336 e. The second-order valence-electron chi connectivity index (χ2n) is 6.62. The quantitative estimate of drug-likeness (QED) is 0.808. The summed E-state index contributed by atoms with van der Waals surface area (Å²) in [6, 6.07) is 3.97. The Morgan fingerprint density at radius 3 is 2.27 bits per heavy atom. The molecule has 0 saturated carbocycles. The molecule has 1 amide bonds. The van der Waals surface area contributed by atoms with Crippen molar-refractivity contribution in [3.8, 4) is 11.4 Å². The maximum atomic E-state index is 12.9. The second kappa shape index (κ2) is 7.43. The zero-order valence-corrected chi connectivity index (χ0v) is 15.3. The molecule has 0 saturated heterocycles. The molecule has 0 aliphatic rings. The maximum Gasteiger partial charge on any atom is 0.416 e. The van der Waals surface area contributed by atoms with E-state index in [0.29, 0.717) is 0 Å². The Balaban J connectivity index is 2.28. The van der Waals surface area contributed by atoms with E-state index in [1.165, 1.54) is 12.1 Å². The fraction of sp³-hybridized carbons (Fsp3) is 0.529. The lowest BCUT2D eigenvalue weighted by atomic mass is 10.1. The van der Waals surface area contributed by atoms with E-state index in [0.717, 1.165) is 16.9 Å². The van der Waals surface area contributed by atoms with Gasteiger partial charge in [0.1, 0.15) is 6.04 Å². The highest BCUT2D eigenvalue weighted by atomic mass is 19.4. The number of tetrazole rings is 1. The van der Waals surface area contributed by atoms with Gasteiger partial charge in [0.25, 0.3) is 0 Å². The van der Waals surface area contributed by atoms with Crippen LogP contribution in [0.2, 0.25) is 0 Å². The number of aromatic nitrogens is 4. The SMILES string of the molecule is CC(C)N(C(=O)C(C)n1nnc(-c2cccc(C(F)(F)F)c2)n1)C(C)C. The van der Waals surface area contributed by atoms with Crippen LogP contribution in [0, 0.1) is 0 Å². The van der Waals surface area contributed by atoms with Crippen molar-refractivity contribution in [1.82, 2.24) is 25.1 Å². The minimum Gasteiger partial charge on any atom is -0.336 e. The van der Waals surface area contributed by atoms with Crippen LogP contribution in [-0.4, -0.2) is 43.1 Å². The summed E-state index contributed by atoms with van der Waals surface area (Å²) in [4.78, 5) is 15.5. The number of nitrogens with zero attached hydrogens (tertiary/aromatic N) is 5. The molecule has 0 aliphatic heterocycles. The summed E-state index contributed by atoms with van der Waals surface area (Å²) in [5.74, 6) is -0.139. The molecule has 1 aromatic carbocycles. The molecule has 142 valence electrons. The van der Waals surface area contributed by atoms with Gasteiger partial charge in [-0.3, -0.25) is 4.79 Å². The Hall–Kier alpha value is -2.45. The summed E-state index contributed by atoms with van der Waals surface area (Å²) in [6.45, 7) is 9.28. The van der Waals surface area contributed by atoms with E-state index >= 15 is 0 Å². The number of rotatable bonds is 5. The summed E-state index contributed by atoms with van der Waals surface area (Å²) in [5, 5.41) is 11.8. The first-order valence-corrected chi connectivity index (χ1v) is 8.31. The Labute approximate surface area is 150 Å². The average Bonchev–Trinajstić information content (AvgIpc) is 3.02. The van der Waals surface area contributed by atoms with Crippen molar-refractivity contribution in [2.45, 2.75) is 58.9 Å². The Bertz CT molecular complexity index is 762. The molecule has 0 fully saturated rings. The van der Waals surface area contributed by atoms with E-state index in [2.05, 4.69) is 15.4 Å². The van der Waals surface area contributed by atoms with E-state index < -0.39 is 17.8 Å². The van der Waals surface area contributed by atoms with E-state index in [-0.39, 0.29) is 29.4 Å². The maximum absolute atomic E-state index is 12.9. The molecular formula is C17H22F3N5O. The van der Waals surface area contributed by atoms with Crippen LogP contribution < -0.4 is 0 Å². The molecular weight excluding hydrogens is 347 g/mol. The third kappa shape index (κ3) is 4.20. The number of hydrogen-bond donors (Lipinski definition) is 0. The normalized spacial score (nSPS) is 13.3. The number of alkyl halides is 3. The predicted octanol–water partition coefficient (Wildman–Crippen LogP) is 3.57. The lowest BCUT2D eigenvalue weighted by Gasteiger charge is -2.32. The van der Waals surface area contributed by atoms with Gasteiger partial charge >= 0.3 is 6.18 Å². The van der Waals surface area contributed by atoms with Gasteiger partial charge in [-0.1, -0.05) is 12.1 Å². The first-order chi connectivity index (χ1) is 12.0. The Morgan fingerprint density at radius 1 is 1.12 bits per heavy atom. The molecule has 2 rings (SSSR count). The number of halogens is 3. The molecule has 0 spiro atoms. The highest BCUT2D eigenvalue weighted by Crippen LogP contribution is 2.31. The minimum absolute atomic E-state index is 0.00333. The van der Waals surface area contributed by atoms with Crippen LogP contribution in [0.1, 0.15) is 46.2 Å². The van der Waals surface area contributed by atoms with Crippen LogP contribution in [0.15, 0.2) is 24.3 Å². The first-order valence-electron chi connectivity index (χ1n) is 8.31. The van der Waals surface area contributed by atoms with Crippen molar-refractivity contribution < 1.29 is 18.0 Å². The fourth-order valence-electron chi connectivity index (χ4n) is 2.76. The van der Waals surface area contributed by atoms with Gasteiger partial charge in [0, 0.05) is 17.6 Å². The van der Waals surface area contributed by atoms with Gasteiger partial charge < -0.3 is 4.90 Å². The number of benzene rings is 1. The standard InChI is InChI=1S/C17H22F3N5O/c1-10(2)24(11(3)4)16(26)12(5)25-22-15(21-23-25)13-7-6-8-14(9-13)17(18,19)20/h6-12H,1-5H3. The van der Waals surface area contributed by atoms with Crippen LogP contribution in [0.5, 0.6) is 0 Å². The molecule has 1 heterocycles. The van der Waals surface area contributed by atoms with Crippen molar-refractivity contribution in [1.29, 1.82) is 0 Å². The first kappa shape index (κ1) is 19.9. The molecule has 26 heavy (non-hydrogen) atoms. The van der Waals surface area contributed by atoms with Gasteiger partial charge in [-0.15, -0.1) is 10.2 Å². The van der Waals surface area contributed by atoms with Crippen molar-refractivity contribution in [2.75, 3.05) is 0 Å². The largest absolute Gasteiger partial charge is 0.416 e. The summed E-state index contributed by atoms with van der Waals surface area (Å²) in [5.41, 5.74) is -0.600. The average molecular weight is 369 g/mol. The van der Waals surface area contributed by atoms with Crippen molar-refractivity contribution in [2.24, 2.45) is 0 Å². The molecule has 0 aliphatic carbocycles. The van der Waals surface area contributed by atoms with Gasteiger partial charge in [-0.05, 0) is 52.0 Å². The molecule has 0 radical (unpaired) electrons. The lowest BCUT2D eigenvalue weighted by molar-refractivity contribution is -0.139. The van der Waals surface area contributed by atoms with Gasteiger partial charge in [0.2, 0.25) is 11.7 Å². The summed E-state index contributed by atoms with van der Waals surface area (Å²) in [6.07, 6.45) is -4.45. The number of amides is 1. The third-order valence-electron chi connectivity index (χ3n) is 3.95. The van der Waals surface area contributed by atoms with Crippen LogP contribution in [0.3, 0.4) is 0 Å². The number of carbonyl (C=O) groups excluding carboxylic acids is 1. The van der Waals surface area contributed by atoms with Gasteiger partial charge in [0.15, 0.2) is 0 Å². The monoisotopic (exact) mass is 369 g/mol.